The molecule has 21 heavy (non-hydrogen) atoms. The van der Waals surface area contributed by atoms with E-state index in [0.717, 1.165) is 0 Å². The minimum Gasteiger partial charge on any atom is -0.481 e. The summed E-state index contributed by atoms with van der Waals surface area (Å²) in [5, 5.41) is 8.83. The lowest BCUT2D eigenvalue weighted by Gasteiger charge is -2.17. The number of rotatable bonds is 11. The second-order valence-corrected chi connectivity index (χ2v) is 7.37. The Morgan fingerprint density at radius 3 is 2.38 bits per heavy atom. The van der Waals surface area contributed by atoms with Crippen LogP contribution in [-0.4, -0.2) is 44.9 Å². The van der Waals surface area contributed by atoms with Gasteiger partial charge >= 0.3 is 11.9 Å². The zero-order valence-corrected chi connectivity index (χ0v) is 13.6. The molecule has 0 saturated heterocycles. The van der Waals surface area contributed by atoms with E-state index >= 15 is 0 Å². The summed E-state index contributed by atoms with van der Waals surface area (Å²) in [6.45, 7) is 4.02. The van der Waals surface area contributed by atoms with Gasteiger partial charge in [-0.1, -0.05) is 13.8 Å². The monoisotopic (exact) mass is 323 g/mol. The van der Waals surface area contributed by atoms with Crippen molar-refractivity contribution < 1.29 is 27.9 Å². The molecule has 0 heterocycles. The molecule has 2 N–H and O–H groups in total. The number of ether oxygens (including phenoxy) is 1. The predicted octanol–water partition coefficient (Wildman–Crippen LogP) is 0.996. The van der Waals surface area contributed by atoms with Gasteiger partial charge in [0.25, 0.3) is 0 Å². The van der Waals surface area contributed by atoms with E-state index in [1.165, 1.54) is 7.11 Å². The first-order valence-electron chi connectivity index (χ1n) is 6.92. The molecule has 0 radical (unpaired) electrons. The van der Waals surface area contributed by atoms with Crippen LogP contribution in [0.3, 0.4) is 0 Å². The fourth-order valence-electron chi connectivity index (χ4n) is 1.98. The first-order chi connectivity index (χ1) is 9.66. The minimum atomic E-state index is -3.50. The Labute approximate surface area is 126 Å². The van der Waals surface area contributed by atoms with Gasteiger partial charge in [-0.3, -0.25) is 9.59 Å². The smallest absolute Gasteiger partial charge is 0.305 e. The SMILES string of the molecule is COC(=O)CCCS(=O)(=O)NC[C@H](CC(=O)O)CC(C)C. The Morgan fingerprint density at radius 2 is 1.90 bits per heavy atom. The second-order valence-electron chi connectivity index (χ2n) is 5.44. The lowest BCUT2D eigenvalue weighted by molar-refractivity contribution is -0.140. The fraction of sp³-hybridized carbons (Fsp3) is 0.846. The zero-order chi connectivity index (χ0) is 16.5. The lowest BCUT2D eigenvalue weighted by atomic mass is 9.94. The van der Waals surface area contributed by atoms with Gasteiger partial charge in [0, 0.05) is 19.4 Å². The largest absolute Gasteiger partial charge is 0.481 e. The molecule has 0 bridgehead atoms. The summed E-state index contributed by atoms with van der Waals surface area (Å²) in [4.78, 5) is 21.7. The van der Waals surface area contributed by atoms with Crippen molar-refractivity contribution in [2.45, 2.75) is 39.5 Å². The average molecular weight is 323 g/mol. The molecule has 0 aromatic heterocycles. The number of aliphatic carboxylic acids is 1. The maximum Gasteiger partial charge on any atom is 0.305 e. The highest BCUT2D eigenvalue weighted by molar-refractivity contribution is 7.89. The molecule has 0 amide bonds. The number of hydrogen-bond donors (Lipinski definition) is 2. The molecule has 0 fully saturated rings. The van der Waals surface area contributed by atoms with Crippen LogP contribution in [-0.2, 0) is 24.3 Å². The molecule has 8 heteroatoms. The van der Waals surface area contributed by atoms with Crippen LogP contribution < -0.4 is 4.72 Å². The number of nitrogens with one attached hydrogen (secondary N) is 1. The summed E-state index contributed by atoms with van der Waals surface area (Å²) in [6.07, 6.45) is 0.789. The molecule has 0 aliphatic heterocycles. The van der Waals surface area contributed by atoms with E-state index < -0.39 is 22.0 Å². The molecule has 0 saturated carbocycles. The lowest BCUT2D eigenvalue weighted by Crippen LogP contribution is -2.33. The molecule has 0 aromatic rings. The van der Waals surface area contributed by atoms with Gasteiger partial charge in [-0.2, -0.15) is 0 Å². The summed E-state index contributed by atoms with van der Waals surface area (Å²) in [7, 11) is -2.26. The van der Waals surface area contributed by atoms with Crippen molar-refractivity contribution in [2.75, 3.05) is 19.4 Å². The van der Waals surface area contributed by atoms with Crippen LogP contribution >= 0.6 is 0 Å². The second kappa shape index (κ2) is 9.73. The Bertz CT molecular complexity index is 432. The molecule has 0 aliphatic rings. The first-order valence-corrected chi connectivity index (χ1v) is 8.57. The molecule has 124 valence electrons. The molecular weight excluding hydrogens is 298 g/mol. The van der Waals surface area contributed by atoms with Gasteiger partial charge in [-0.25, -0.2) is 13.1 Å². The summed E-state index contributed by atoms with van der Waals surface area (Å²) >= 11 is 0. The number of sulfonamides is 1. The fourth-order valence-corrected chi connectivity index (χ4v) is 3.14. The van der Waals surface area contributed by atoms with E-state index in [2.05, 4.69) is 9.46 Å². The third-order valence-corrected chi connectivity index (χ3v) is 4.31. The molecular formula is C13H25NO6S. The van der Waals surface area contributed by atoms with Gasteiger partial charge < -0.3 is 9.84 Å². The molecule has 0 aromatic carbocycles. The number of esters is 1. The van der Waals surface area contributed by atoms with Crippen LogP contribution in [0.25, 0.3) is 0 Å². The Morgan fingerprint density at radius 1 is 1.29 bits per heavy atom. The van der Waals surface area contributed by atoms with E-state index in [1.807, 2.05) is 13.8 Å². The van der Waals surface area contributed by atoms with Crippen LogP contribution in [0.1, 0.15) is 39.5 Å². The van der Waals surface area contributed by atoms with Gasteiger partial charge in [0.2, 0.25) is 10.0 Å². The molecule has 0 spiro atoms. The Hall–Kier alpha value is -1.15. The van der Waals surface area contributed by atoms with Crippen LogP contribution in [0.5, 0.6) is 0 Å². The van der Waals surface area contributed by atoms with E-state index in [9.17, 15) is 18.0 Å². The number of carbonyl (C=O) groups is 2. The highest BCUT2D eigenvalue weighted by Gasteiger charge is 2.18. The van der Waals surface area contributed by atoms with Gasteiger partial charge in [0.05, 0.1) is 12.9 Å². The number of carboxylic acid groups (broad SMARTS) is 1. The topological polar surface area (TPSA) is 110 Å². The highest BCUT2D eigenvalue weighted by atomic mass is 32.2. The number of carbonyl (C=O) groups excluding carboxylic acids is 1. The van der Waals surface area contributed by atoms with Crippen LogP contribution in [0.2, 0.25) is 0 Å². The van der Waals surface area contributed by atoms with Crippen molar-refractivity contribution in [3.05, 3.63) is 0 Å². The van der Waals surface area contributed by atoms with Crippen molar-refractivity contribution in [1.29, 1.82) is 0 Å². The average Bonchev–Trinajstić information content (AvgIpc) is 2.34. The van der Waals surface area contributed by atoms with Crippen molar-refractivity contribution in [3.8, 4) is 0 Å². The third kappa shape index (κ3) is 11.2. The summed E-state index contributed by atoms with van der Waals surface area (Å²) in [6, 6.07) is 0. The maximum atomic E-state index is 11.8. The maximum absolute atomic E-state index is 11.8. The highest BCUT2D eigenvalue weighted by Crippen LogP contribution is 2.15. The molecule has 7 nitrogen and oxygen atoms in total. The Balaban J connectivity index is 4.28. The minimum absolute atomic E-state index is 0.0436. The summed E-state index contributed by atoms with van der Waals surface area (Å²) in [5.74, 6) is -1.51. The van der Waals surface area contributed by atoms with Gasteiger partial charge in [-0.15, -0.1) is 0 Å². The summed E-state index contributed by atoms with van der Waals surface area (Å²) < 4.78 is 30.4. The number of carboxylic acids is 1. The van der Waals surface area contributed by atoms with E-state index in [0.29, 0.717) is 6.42 Å². The van der Waals surface area contributed by atoms with Gasteiger partial charge in [0.1, 0.15) is 0 Å². The summed E-state index contributed by atoms with van der Waals surface area (Å²) in [5.41, 5.74) is 0. The number of methoxy groups -OCH3 is 1. The van der Waals surface area contributed by atoms with Crippen LogP contribution in [0.15, 0.2) is 0 Å². The van der Waals surface area contributed by atoms with Crippen LogP contribution in [0, 0.1) is 11.8 Å². The van der Waals surface area contributed by atoms with Crippen molar-refractivity contribution >= 4 is 22.0 Å². The standard InChI is InChI=1S/C13H25NO6S/c1-10(2)7-11(8-12(15)16)9-14-21(18,19)6-4-5-13(17)20-3/h10-11,14H,4-9H2,1-3H3,(H,15,16)/t11-/m0/s1. The molecule has 1 atom stereocenters. The van der Waals surface area contributed by atoms with E-state index in [4.69, 9.17) is 5.11 Å². The number of hydrogen-bond acceptors (Lipinski definition) is 5. The van der Waals surface area contributed by atoms with Crippen molar-refractivity contribution in [1.82, 2.24) is 4.72 Å². The molecule has 0 unspecified atom stereocenters. The first kappa shape index (κ1) is 19.9. The normalized spacial score (nSPS) is 13.1. The third-order valence-electron chi connectivity index (χ3n) is 2.88. The Kier molecular flexibility index (Phi) is 9.19. The van der Waals surface area contributed by atoms with Crippen molar-refractivity contribution in [3.63, 3.8) is 0 Å². The molecule has 0 rings (SSSR count). The van der Waals surface area contributed by atoms with Gasteiger partial charge in [0.15, 0.2) is 0 Å². The quantitative estimate of drug-likeness (QED) is 0.549. The van der Waals surface area contributed by atoms with Crippen LogP contribution in [0.4, 0.5) is 0 Å². The van der Waals surface area contributed by atoms with E-state index in [1.54, 1.807) is 0 Å². The molecule has 0 aliphatic carbocycles. The predicted molar refractivity (Wildman–Crippen MR) is 78.2 cm³/mol. The zero-order valence-electron chi connectivity index (χ0n) is 12.8. The van der Waals surface area contributed by atoms with Crippen molar-refractivity contribution in [2.24, 2.45) is 11.8 Å². The van der Waals surface area contributed by atoms with E-state index in [-0.39, 0.29) is 43.4 Å². The van der Waals surface area contributed by atoms with Gasteiger partial charge in [-0.05, 0) is 24.7 Å².